The number of aliphatic carboxylic acids is 1. The maximum Gasteiger partial charge on any atom is 0.328 e. The highest BCUT2D eigenvalue weighted by Gasteiger charge is 2.35. The Morgan fingerprint density at radius 1 is 1.43 bits per heavy atom. The second kappa shape index (κ2) is 5.78. The molecule has 1 amide bonds. The van der Waals surface area contributed by atoms with E-state index in [0.717, 1.165) is 19.4 Å². The van der Waals surface area contributed by atoms with E-state index in [0.29, 0.717) is 12.5 Å². The number of nitrogens with zero attached hydrogens (tertiary/aromatic N) is 3. The summed E-state index contributed by atoms with van der Waals surface area (Å²) >= 11 is 0. The van der Waals surface area contributed by atoms with Gasteiger partial charge >= 0.3 is 5.97 Å². The van der Waals surface area contributed by atoms with Gasteiger partial charge < -0.3 is 24.6 Å². The lowest BCUT2D eigenvalue weighted by Gasteiger charge is -2.31. The van der Waals surface area contributed by atoms with Crippen molar-refractivity contribution in [3.05, 3.63) is 11.7 Å². The predicted octanol–water partition coefficient (Wildman–Crippen LogP) is -0.580. The minimum Gasteiger partial charge on any atom is -0.480 e. The Bertz CT molecular complexity index is 540. The van der Waals surface area contributed by atoms with E-state index in [1.165, 1.54) is 4.90 Å². The van der Waals surface area contributed by atoms with E-state index in [1.807, 2.05) is 0 Å². The molecule has 9 nitrogen and oxygen atoms in total. The number of nitrogens with one attached hydrogen (secondary N) is 1. The molecular weight excluding hydrogens is 280 g/mol. The lowest BCUT2D eigenvalue weighted by Crippen LogP contribution is -2.52. The molecule has 9 heteroatoms. The Morgan fingerprint density at radius 2 is 2.29 bits per heavy atom. The zero-order valence-electron chi connectivity index (χ0n) is 11.3. The third-order valence-corrected chi connectivity index (χ3v) is 3.67. The van der Waals surface area contributed by atoms with E-state index in [-0.39, 0.29) is 25.0 Å². The Kier molecular flexibility index (Phi) is 3.84. The summed E-state index contributed by atoms with van der Waals surface area (Å²) in [5, 5.41) is 16.0. The van der Waals surface area contributed by atoms with Crippen LogP contribution in [0.1, 0.15) is 35.4 Å². The van der Waals surface area contributed by atoms with Gasteiger partial charge in [0.05, 0.1) is 19.3 Å². The van der Waals surface area contributed by atoms with Gasteiger partial charge in [-0.25, -0.2) is 4.79 Å². The zero-order valence-corrected chi connectivity index (χ0v) is 11.3. The third kappa shape index (κ3) is 2.74. The van der Waals surface area contributed by atoms with E-state index >= 15 is 0 Å². The standard InChI is InChI=1S/C12H16N4O5/c17-11(16-4-5-20-6-8(16)12(18)19)9-14-10(21-15-9)7-2-1-3-13-7/h7-8,13H,1-6H2,(H,18,19). The molecule has 2 atom stereocenters. The van der Waals surface area contributed by atoms with Gasteiger partial charge in [0.25, 0.3) is 11.7 Å². The SMILES string of the molecule is O=C(O)C1COCCN1C(=O)c1noc(C2CCCN2)n1. The van der Waals surface area contributed by atoms with Crippen molar-refractivity contribution < 1.29 is 24.0 Å². The average molecular weight is 296 g/mol. The number of morpholine rings is 1. The molecule has 0 bridgehead atoms. The van der Waals surface area contributed by atoms with Crippen LogP contribution >= 0.6 is 0 Å². The molecule has 21 heavy (non-hydrogen) atoms. The maximum atomic E-state index is 12.3. The number of ether oxygens (including phenoxy) is 1. The Hall–Kier alpha value is -2.00. The van der Waals surface area contributed by atoms with E-state index in [4.69, 9.17) is 14.4 Å². The van der Waals surface area contributed by atoms with E-state index in [1.54, 1.807) is 0 Å². The monoisotopic (exact) mass is 296 g/mol. The fraction of sp³-hybridized carbons (Fsp3) is 0.667. The minimum atomic E-state index is -1.11. The smallest absolute Gasteiger partial charge is 0.328 e. The summed E-state index contributed by atoms with van der Waals surface area (Å²) in [6.07, 6.45) is 1.89. The van der Waals surface area contributed by atoms with Gasteiger partial charge in [0.2, 0.25) is 5.89 Å². The number of hydrogen-bond acceptors (Lipinski definition) is 7. The van der Waals surface area contributed by atoms with Gasteiger partial charge in [-0.3, -0.25) is 4.79 Å². The van der Waals surface area contributed by atoms with Crippen LogP contribution < -0.4 is 5.32 Å². The fourth-order valence-corrected chi connectivity index (χ4v) is 2.54. The van der Waals surface area contributed by atoms with Gasteiger partial charge in [0.15, 0.2) is 6.04 Å². The summed E-state index contributed by atoms with van der Waals surface area (Å²) in [6, 6.07) is -1.04. The predicted molar refractivity (Wildman–Crippen MR) is 67.6 cm³/mol. The maximum absolute atomic E-state index is 12.3. The number of hydrogen-bond donors (Lipinski definition) is 2. The molecule has 0 aromatic carbocycles. The van der Waals surface area contributed by atoms with Crippen LogP contribution in [0.2, 0.25) is 0 Å². The van der Waals surface area contributed by atoms with Gasteiger partial charge in [-0.05, 0) is 19.4 Å². The first-order valence-corrected chi connectivity index (χ1v) is 6.85. The van der Waals surface area contributed by atoms with Gasteiger partial charge in [-0.1, -0.05) is 5.16 Å². The average Bonchev–Trinajstić information content (AvgIpc) is 3.17. The number of rotatable bonds is 3. The Labute approximate surface area is 120 Å². The van der Waals surface area contributed by atoms with Crippen LogP contribution in [0.3, 0.4) is 0 Å². The molecule has 2 aliphatic rings. The molecule has 1 aromatic rings. The normalized spacial score (nSPS) is 26.0. The summed E-state index contributed by atoms with van der Waals surface area (Å²) in [4.78, 5) is 28.8. The van der Waals surface area contributed by atoms with Crippen LogP contribution in [0.25, 0.3) is 0 Å². The summed E-state index contributed by atoms with van der Waals surface area (Å²) in [7, 11) is 0. The number of carbonyl (C=O) groups is 2. The van der Waals surface area contributed by atoms with Crippen LogP contribution in [-0.4, -0.2) is 64.4 Å². The summed E-state index contributed by atoms with van der Waals surface area (Å²) < 4.78 is 10.2. The van der Waals surface area contributed by atoms with Crippen molar-refractivity contribution in [2.45, 2.75) is 24.9 Å². The molecule has 2 saturated heterocycles. The second-order valence-corrected chi connectivity index (χ2v) is 5.03. The van der Waals surface area contributed by atoms with Gasteiger partial charge in [0, 0.05) is 6.54 Å². The van der Waals surface area contributed by atoms with Crippen LogP contribution in [0, 0.1) is 0 Å². The van der Waals surface area contributed by atoms with Gasteiger partial charge in [0.1, 0.15) is 0 Å². The molecule has 114 valence electrons. The molecular formula is C12H16N4O5. The van der Waals surface area contributed by atoms with Crippen molar-refractivity contribution in [2.24, 2.45) is 0 Å². The highest BCUT2D eigenvalue weighted by atomic mass is 16.5. The molecule has 3 heterocycles. The minimum absolute atomic E-state index is 0.0287. The van der Waals surface area contributed by atoms with Crippen LogP contribution in [0.4, 0.5) is 0 Å². The van der Waals surface area contributed by atoms with E-state index in [2.05, 4.69) is 15.5 Å². The zero-order chi connectivity index (χ0) is 14.8. The van der Waals surface area contributed by atoms with Crippen molar-refractivity contribution >= 4 is 11.9 Å². The summed E-state index contributed by atoms with van der Waals surface area (Å²) in [5.41, 5.74) is 0. The second-order valence-electron chi connectivity index (χ2n) is 5.03. The van der Waals surface area contributed by atoms with Crippen molar-refractivity contribution in [1.29, 1.82) is 0 Å². The number of amides is 1. The Morgan fingerprint density at radius 3 is 3.00 bits per heavy atom. The molecule has 0 saturated carbocycles. The molecule has 1 aromatic heterocycles. The molecule has 0 spiro atoms. The van der Waals surface area contributed by atoms with Crippen molar-refractivity contribution in [3.63, 3.8) is 0 Å². The first-order chi connectivity index (χ1) is 10.2. The lowest BCUT2D eigenvalue weighted by atomic mass is 10.2. The molecule has 3 rings (SSSR count). The first kappa shape index (κ1) is 14.0. The van der Waals surface area contributed by atoms with E-state index < -0.39 is 17.9 Å². The third-order valence-electron chi connectivity index (χ3n) is 3.67. The molecule has 2 N–H and O–H groups in total. The summed E-state index contributed by atoms with van der Waals surface area (Å²) in [6.45, 7) is 1.34. The largest absolute Gasteiger partial charge is 0.480 e. The number of carboxylic acids is 1. The molecule has 2 fully saturated rings. The van der Waals surface area contributed by atoms with Gasteiger partial charge in [-0.2, -0.15) is 4.98 Å². The molecule has 2 aliphatic heterocycles. The van der Waals surface area contributed by atoms with Crippen molar-refractivity contribution in [1.82, 2.24) is 20.4 Å². The molecule has 2 unspecified atom stereocenters. The number of carbonyl (C=O) groups excluding carboxylic acids is 1. The fourth-order valence-electron chi connectivity index (χ4n) is 2.54. The van der Waals surface area contributed by atoms with Crippen LogP contribution in [-0.2, 0) is 9.53 Å². The highest BCUT2D eigenvalue weighted by molar-refractivity contribution is 5.93. The molecule has 0 radical (unpaired) electrons. The quantitative estimate of drug-likeness (QED) is 0.760. The lowest BCUT2D eigenvalue weighted by molar-refractivity contribution is -0.147. The molecule has 0 aliphatic carbocycles. The first-order valence-electron chi connectivity index (χ1n) is 6.85. The Balaban J connectivity index is 1.76. The van der Waals surface area contributed by atoms with Gasteiger partial charge in [-0.15, -0.1) is 0 Å². The van der Waals surface area contributed by atoms with Crippen molar-refractivity contribution in [2.75, 3.05) is 26.3 Å². The van der Waals surface area contributed by atoms with Crippen LogP contribution in [0.5, 0.6) is 0 Å². The van der Waals surface area contributed by atoms with Crippen LogP contribution in [0.15, 0.2) is 4.52 Å². The number of aromatic nitrogens is 2. The van der Waals surface area contributed by atoms with E-state index in [9.17, 15) is 9.59 Å². The topological polar surface area (TPSA) is 118 Å². The summed E-state index contributed by atoms with van der Waals surface area (Å²) in [5.74, 6) is -1.38. The number of carboxylic acid groups (broad SMARTS) is 1. The highest BCUT2D eigenvalue weighted by Crippen LogP contribution is 2.21. The van der Waals surface area contributed by atoms with Crippen molar-refractivity contribution in [3.8, 4) is 0 Å².